The van der Waals surface area contributed by atoms with Crippen molar-refractivity contribution in [3.63, 3.8) is 0 Å². The summed E-state index contributed by atoms with van der Waals surface area (Å²) < 4.78 is 66.8. The van der Waals surface area contributed by atoms with Crippen LogP contribution in [0.2, 0.25) is 5.02 Å². The van der Waals surface area contributed by atoms with Crippen LogP contribution in [0.25, 0.3) is 0 Å². The summed E-state index contributed by atoms with van der Waals surface area (Å²) in [4.78, 5) is 23.9. The fraction of sp³-hybridized carbons (Fsp3) is 0.360. The van der Waals surface area contributed by atoms with Crippen molar-refractivity contribution in [3.8, 4) is 5.88 Å². The summed E-state index contributed by atoms with van der Waals surface area (Å²) in [7, 11) is 1.19. The summed E-state index contributed by atoms with van der Waals surface area (Å²) in [6.45, 7) is 0. The van der Waals surface area contributed by atoms with E-state index in [2.05, 4.69) is 30.4 Å². The average molecular weight is 614 g/mol. The minimum atomic E-state index is -4.35. The van der Waals surface area contributed by atoms with Gasteiger partial charge in [-0.3, -0.25) is 0 Å². The van der Waals surface area contributed by atoms with E-state index in [0.29, 0.717) is 47.2 Å². The number of nitrogens with one attached hydrogen (secondary N) is 1. The smallest absolute Gasteiger partial charge is 0.416 e. The van der Waals surface area contributed by atoms with E-state index in [1.807, 2.05) is 19.0 Å². The first kappa shape index (κ1) is 31.7. The molecule has 1 aliphatic carbocycles. The van der Waals surface area contributed by atoms with Gasteiger partial charge in [-0.25, -0.2) is 19.7 Å². The van der Waals surface area contributed by atoms with Crippen molar-refractivity contribution in [3.05, 3.63) is 71.3 Å². The fourth-order valence-electron chi connectivity index (χ4n) is 4.38. The van der Waals surface area contributed by atoms with Gasteiger partial charge >= 0.3 is 22.7 Å². The highest BCUT2D eigenvalue weighted by atomic mass is 35.5. The van der Waals surface area contributed by atoms with Crippen LogP contribution in [0.3, 0.4) is 0 Å². The number of primary amides is 1. The third-order valence-electron chi connectivity index (χ3n) is 6.19. The lowest BCUT2D eigenvalue weighted by Gasteiger charge is -2.39. The Morgan fingerprint density at radius 1 is 1.20 bits per heavy atom. The van der Waals surface area contributed by atoms with Gasteiger partial charge in [0.1, 0.15) is 23.3 Å². The fourth-order valence-corrected chi connectivity index (χ4v) is 4.74. The molecule has 0 unspecified atom stereocenters. The van der Waals surface area contributed by atoms with E-state index in [1.54, 1.807) is 30.6 Å². The van der Waals surface area contributed by atoms with Crippen LogP contribution in [-0.2, 0) is 16.7 Å². The zero-order valence-corrected chi connectivity index (χ0v) is 23.5. The van der Waals surface area contributed by atoms with Crippen LogP contribution in [0.15, 0.2) is 59.5 Å². The Morgan fingerprint density at radius 3 is 2.51 bits per heavy atom. The normalized spacial score (nSPS) is 18.6. The molecule has 2 heterocycles. The van der Waals surface area contributed by atoms with E-state index < -0.39 is 28.3 Å². The third-order valence-corrected chi connectivity index (χ3v) is 6.79. The number of likely N-dealkylation sites (N-methyl/N-ethyl adjacent to an activating group) is 1. The largest absolute Gasteiger partial charge is 0.472 e. The molecular weight excluding hydrogens is 587 g/mol. The molecule has 2 amide bonds. The van der Waals surface area contributed by atoms with E-state index in [0.717, 1.165) is 6.07 Å². The molecule has 3 atom stereocenters. The lowest BCUT2D eigenvalue weighted by Crippen LogP contribution is -2.46. The van der Waals surface area contributed by atoms with E-state index in [-0.39, 0.29) is 18.1 Å². The second-order valence-electron chi connectivity index (χ2n) is 9.20. The Kier molecular flexibility index (Phi) is 11.0. The van der Waals surface area contributed by atoms with Crippen molar-refractivity contribution < 1.29 is 31.1 Å². The Morgan fingerprint density at radius 2 is 1.95 bits per heavy atom. The number of carbonyl (C=O) groups excluding carboxylic acids is 1. The van der Waals surface area contributed by atoms with Crippen LogP contribution in [0.1, 0.15) is 36.3 Å². The number of hydrogen-bond donors (Lipinski definition) is 2. The number of ether oxygens (including phenoxy) is 1. The number of pyridine rings is 1. The molecule has 1 aromatic carbocycles. The first-order chi connectivity index (χ1) is 19.3. The van der Waals surface area contributed by atoms with Gasteiger partial charge in [0.2, 0.25) is 5.88 Å². The summed E-state index contributed by atoms with van der Waals surface area (Å²) in [6, 6.07) is 7.85. The lowest BCUT2D eigenvalue weighted by molar-refractivity contribution is -0.137. The number of anilines is 2. The highest BCUT2D eigenvalue weighted by molar-refractivity contribution is 7.62. The van der Waals surface area contributed by atoms with E-state index in [1.165, 1.54) is 18.5 Å². The van der Waals surface area contributed by atoms with Crippen LogP contribution in [-0.4, -0.2) is 60.5 Å². The summed E-state index contributed by atoms with van der Waals surface area (Å²) >= 11 is 6.45. The van der Waals surface area contributed by atoms with Gasteiger partial charge in [-0.2, -0.15) is 21.6 Å². The van der Waals surface area contributed by atoms with Crippen LogP contribution in [0.5, 0.6) is 5.88 Å². The van der Waals surface area contributed by atoms with Crippen LogP contribution in [0.4, 0.5) is 29.5 Å². The molecule has 3 aromatic rings. The molecule has 16 heteroatoms. The molecule has 4 rings (SSSR count). The Hall–Kier alpha value is -3.82. The summed E-state index contributed by atoms with van der Waals surface area (Å²) in [6.07, 6.45) is 2.18. The van der Waals surface area contributed by atoms with Crippen molar-refractivity contribution in [2.75, 3.05) is 19.4 Å². The number of nitrogens with two attached hydrogens (primary N) is 1. The van der Waals surface area contributed by atoms with Gasteiger partial charge in [0, 0.05) is 12.2 Å². The Labute approximate surface area is 240 Å². The number of carbonyl (C=O) groups is 1. The molecule has 3 N–H and O–H groups in total. The predicted molar refractivity (Wildman–Crippen MR) is 145 cm³/mol. The van der Waals surface area contributed by atoms with Gasteiger partial charge in [0.25, 0.3) is 0 Å². The van der Waals surface area contributed by atoms with Gasteiger partial charge in [0.05, 0.1) is 17.4 Å². The zero-order chi connectivity index (χ0) is 30.2. The van der Waals surface area contributed by atoms with Crippen LogP contribution in [0, 0.1) is 0 Å². The van der Waals surface area contributed by atoms with E-state index in [4.69, 9.17) is 16.3 Å². The van der Waals surface area contributed by atoms with Gasteiger partial charge in [-0.05, 0) is 63.0 Å². The number of urea groups is 1. The summed E-state index contributed by atoms with van der Waals surface area (Å²) in [5, 5.41) is 3.46. The molecule has 0 spiro atoms. The van der Waals surface area contributed by atoms with Crippen molar-refractivity contribution in [2.24, 2.45) is 10.1 Å². The topological polar surface area (TPSA) is 153 Å². The molecule has 1 saturated carbocycles. The predicted octanol–water partition coefficient (Wildman–Crippen LogP) is 5.06. The molecule has 0 radical (unpaired) electrons. The number of amides is 2. The Bertz CT molecular complexity index is 1470. The number of alkyl halides is 3. The third kappa shape index (κ3) is 9.65. The molecule has 1 aliphatic rings. The van der Waals surface area contributed by atoms with Crippen LogP contribution >= 0.6 is 11.6 Å². The standard InChI is InChI=1S/C24H25ClF3N5O.CH2N2O3S/c1-33(2)20-11-16(15-4-3-5-17(10-15)24(26,27)28)6-7-21(20)34-23-19(25)12-18(13-30-23)32-22-8-9-29-14-31-22;2-1(4)3-7(5)6/h3-5,8-10,12-14,16,20-21H,6-7,11H2,1-2H3,(H,29,31,32);(H2,2,4)/t16-,20-,21-;/m0./s1. The van der Waals surface area contributed by atoms with Gasteiger partial charge in [-0.15, -0.1) is 0 Å². The van der Waals surface area contributed by atoms with Crippen LogP contribution < -0.4 is 15.8 Å². The molecule has 0 aliphatic heterocycles. The minimum Gasteiger partial charge on any atom is -0.472 e. The van der Waals surface area contributed by atoms with Crippen molar-refractivity contribution in [2.45, 2.75) is 43.5 Å². The number of halogens is 4. The molecule has 11 nitrogen and oxygen atoms in total. The maximum Gasteiger partial charge on any atom is 0.416 e. The Balaban J connectivity index is 0.000000587. The number of rotatable bonds is 6. The number of hydrogen-bond acceptors (Lipinski definition) is 9. The number of aromatic nitrogens is 3. The zero-order valence-electron chi connectivity index (χ0n) is 21.9. The monoisotopic (exact) mass is 613 g/mol. The van der Waals surface area contributed by atoms with Crippen molar-refractivity contribution >= 4 is 39.6 Å². The second-order valence-corrected chi connectivity index (χ2v) is 10.2. The molecular formula is C25H27ClF3N7O4S. The minimum absolute atomic E-state index is 0.00928. The van der Waals surface area contributed by atoms with Gasteiger partial charge < -0.3 is 20.7 Å². The molecule has 220 valence electrons. The SMILES string of the molecule is CN(C)[C@H]1C[C@@H](c2cccc(C(F)(F)F)c2)CC[C@@H]1Oc1ncc(Nc2ccncn2)cc1Cl.NC(=O)N=S(=O)=O. The first-order valence-corrected chi connectivity index (χ1v) is 13.5. The molecule has 2 aromatic heterocycles. The molecule has 1 fully saturated rings. The maximum atomic E-state index is 13.2. The van der Waals surface area contributed by atoms with Crippen molar-refractivity contribution in [1.29, 1.82) is 0 Å². The van der Waals surface area contributed by atoms with E-state index in [9.17, 15) is 26.4 Å². The number of nitrogens with zero attached hydrogens (tertiary/aromatic N) is 5. The molecule has 41 heavy (non-hydrogen) atoms. The quantitative estimate of drug-likeness (QED) is 0.388. The number of benzene rings is 1. The lowest BCUT2D eigenvalue weighted by atomic mass is 9.79. The molecule has 0 saturated heterocycles. The average Bonchev–Trinajstić information content (AvgIpc) is 2.90. The highest BCUT2D eigenvalue weighted by Crippen LogP contribution is 2.39. The van der Waals surface area contributed by atoms with Crippen molar-refractivity contribution in [1.82, 2.24) is 19.9 Å². The first-order valence-electron chi connectivity index (χ1n) is 12.1. The maximum absolute atomic E-state index is 13.2. The van der Waals surface area contributed by atoms with E-state index >= 15 is 0 Å². The molecule has 0 bridgehead atoms. The second kappa shape index (κ2) is 14.2. The summed E-state index contributed by atoms with van der Waals surface area (Å²) in [5.74, 6) is 0.948. The van der Waals surface area contributed by atoms with Gasteiger partial charge in [-0.1, -0.05) is 34.2 Å². The summed E-state index contributed by atoms with van der Waals surface area (Å²) in [5.41, 5.74) is 5.05. The highest BCUT2D eigenvalue weighted by Gasteiger charge is 2.36. The van der Waals surface area contributed by atoms with Gasteiger partial charge in [0.15, 0.2) is 0 Å².